The first kappa shape index (κ1) is 8.54. The lowest BCUT2D eigenvalue weighted by molar-refractivity contribution is -0.386. The Labute approximate surface area is 67.2 Å². The number of halogens is 1. The summed E-state index contributed by atoms with van der Waals surface area (Å²) in [5.41, 5.74) is 4.86. The average Bonchev–Trinajstić information content (AvgIpc) is 2.04. The number of rotatable bonds is 2. The maximum absolute atomic E-state index is 12.4. The van der Waals surface area contributed by atoms with E-state index in [0.717, 1.165) is 12.3 Å². The average molecular weight is 171 g/mol. The lowest BCUT2D eigenvalue weighted by Gasteiger charge is -1.97. The van der Waals surface area contributed by atoms with E-state index >= 15 is 0 Å². The van der Waals surface area contributed by atoms with E-state index in [9.17, 15) is 14.5 Å². The molecule has 0 aliphatic heterocycles. The van der Waals surface area contributed by atoms with E-state index in [-0.39, 0.29) is 17.9 Å². The first-order valence-electron chi connectivity index (χ1n) is 3.14. The molecule has 1 heterocycles. The summed E-state index contributed by atoms with van der Waals surface area (Å²) >= 11 is 0. The van der Waals surface area contributed by atoms with Crippen LogP contribution in [0.4, 0.5) is 10.1 Å². The molecule has 0 amide bonds. The van der Waals surface area contributed by atoms with Gasteiger partial charge in [-0.1, -0.05) is 0 Å². The van der Waals surface area contributed by atoms with Crippen LogP contribution in [-0.4, -0.2) is 9.91 Å². The second-order valence-corrected chi connectivity index (χ2v) is 2.08. The van der Waals surface area contributed by atoms with Crippen LogP contribution in [0.5, 0.6) is 0 Å². The van der Waals surface area contributed by atoms with Crippen LogP contribution in [-0.2, 0) is 6.54 Å². The van der Waals surface area contributed by atoms with Crippen molar-refractivity contribution in [2.24, 2.45) is 5.73 Å². The van der Waals surface area contributed by atoms with Crippen molar-refractivity contribution in [3.63, 3.8) is 0 Å². The van der Waals surface area contributed by atoms with E-state index in [1.54, 1.807) is 0 Å². The Morgan fingerprint density at radius 2 is 2.42 bits per heavy atom. The van der Waals surface area contributed by atoms with Gasteiger partial charge in [0.05, 0.1) is 17.2 Å². The molecule has 12 heavy (non-hydrogen) atoms. The lowest BCUT2D eigenvalue weighted by atomic mass is 10.3. The second kappa shape index (κ2) is 3.22. The molecule has 2 N–H and O–H groups in total. The fraction of sp³-hybridized carbons (Fsp3) is 0.167. The summed E-state index contributed by atoms with van der Waals surface area (Å²) in [6.45, 7) is -0.0728. The third kappa shape index (κ3) is 1.54. The molecule has 0 saturated heterocycles. The zero-order valence-corrected chi connectivity index (χ0v) is 6.03. The molecule has 5 nitrogen and oxygen atoms in total. The summed E-state index contributed by atoms with van der Waals surface area (Å²) in [6, 6.07) is 0.801. The SMILES string of the molecule is NCc1ncc(F)cc1[N+](=O)[O-]. The second-order valence-electron chi connectivity index (χ2n) is 2.08. The molecular weight excluding hydrogens is 165 g/mol. The lowest BCUT2D eigenvalue weighted by Crippen LogP contribution is -2.04. The van der Waals surface area contributed by atoms with Crippen molar-refractivity contribution >= 4 is 5.69 Å². The van der Waals surface area contributed by atoms with Crippen molar-refractivity contribution < 1.29 is 9.31 Å². The smallest absolute Gasteiger partial charge is 0.294 e. The van der Waals surface area contributed by atoms with Gasteiger partial charge in [0.1, 0.15) is 11.5 Å². The van der Waals surface area contributed by atoms with Gasteiger partial charge >= 0.3 is 0 Å². The van der Waals surface area contributed by atoms with Crippen molar-refractivity contribution in [1.82, 2.24) is 4.98 Å². The molecule has 0 atom stereocenters. The summed E-state index contributed by atoms with van der Waals surface area (Å²) in [5.74, 6) is -0.737. The van der Waals surface area contributed by atoms with Gasteiger partial charge in [-0.05, 0) is 0 Å². The Balaban J connectivity index is 3.21. The molecule has 64 valence electrons. The van der Waals surface area contributed by atoms with Crippen LogP contribution in [0.15, 0.2) is 12.3 Å². The van der Waals surface area contributed by atoms with Crippen LogP contribution in [0.25, 0.3) is 0 Å². The van der Waals surface area contributed by atoms with Gasteiger partial charge < -0.3 is 5.73 Å². The van der Waals surface area contributed by atoms with E-state index in [1.807, 2.05) is 0 Å². The number of pyridine rings is 1. The first-order chi connectivity index (χ1) is 5.65. The molecular formula is C6H6FN3O2. The van der Waals surface area contributed by atoms with Gasteiger partial charge in [0.15, 0.2) is 0 Å². The van der Waals surface area contributed by atoms with Crippen LogP contribution in [0.2, 0.25) is 0 Å². The molecule has 0 saturated carbocycles. The molecule has 0 aliphatic rings. The van der Waals surface area contributed by atoms with Gasteiger partial charge in [-0.2, -0.15) is 0 Å². The summed E-state index contributed by atoms with van der Waals surface area (Å²) in [4.78, 5) is 13.0. The molecule has 0 aromatic carbocycles. The maximum Gasteiger partial charge on any atom is 0.294 e. The molecule has 0 radical (unpaired) electrons. The zero-order valence-electron chi connectivity index (χ0n) is 6.03. The number of nitrogens with zero attached hydrogens (tertiary/aromatic N) is 2. The molecule has 0 aliphatic carbocycles. The summed E-state index contributed by atoms with van der Waals surface area (Å²) in [5, 5.41) is 10.3. The first-order valence-corrected chi connectivity index (χ1v) is 3.14. The van der Waals surface area contributed by atoms with Crippen LogP contribution in [0, 0.1) is 15.9 Å². The number of hydrogen-bond donors (Lipinski definition) is 1. The van der Waals surface area contributed by atoms with E-state index in [4.69, 9.17) is 5.73 Å². The molecule has 0 unspecified atom stereocenters. The van der Waals surface area contributed by atoms with Gasteiger partial charge in [-0.25, -0.2) is 9.37 Å². The quantitative estimate of drug-likeness (QED) is 0.521. The molecule has 0 fully saturated rings. The van der Waals surface area contributed by atoms with Gasteiger partial charge in [-0.15, -0.1) is 0 Å². The Hall–Kier alpha value is -1.56. The molecule has 0 bridgehead atoms. The standard InChI is InChI=1S/C6H6FN3O2/c7-4-1-6(10(11)12)5(2-8)9-3-4/h1,3H,2,8H2. The van der Waals surface area contributed by atoms with E-state index < -0.39 is 10.7 Å². The minimum atomic E-state index is -0.737. The van der Waals surface area contributed by atoms with E-state index in [0.29, 0.717) is 0 Å². The normalized spacial score (nSPS) is 9.83. The molecule has 0 spiro atoms. The maximum atomic E-state index is 12.4. The van der Waals surface area contributed by atoms with Gasteiger partial charge in [-0.3, -0.25) is 10.1 Å². The van der Waals surface area contributed by atoms with E-state index in [2.05, 4.69) is 4.98 Å². The minimum absolute atomic E-state index is 0.0728. The number of nitrogens with two attached hydrogens (primary N) is 1. The van der Waals surface area contributed by atoms with Crippen molar-refractivity contribution in [3.05, 3.63) is 33.9 Å². The highest BCUT2D eigenvalue weighted by Crippen LogP contribution is 2.15. The van der Waals surface area contributed by atoms with Gasteiger partial charge in [0.2, 0.25) is 0 Å². The van der Waals surface area contributed by atoms with Crippen LogP contribution in [0.1, 0.15) is 5.69 Å². The van der Waals surface area contributed by atoms with Crippen LogP contribution in [0.3, 0.4) is 0 Å². The van der Waals surface area contributed by atoms with Crippen molar-refractivity contribution in [1.29, 1.82) is 0 Å². The van der Waals surface area contributed by atoms with Gasteiger partial charge in [0.25, 0.3) is 5.69 Å². The fourth-order valence-electron chi connectivity index (χ4n) is 0.772. The minimum Gasteiger partial charge on any atom is -0.325 e. The van der Waals surface area contributed by atoms with Crippen LogP contribution < -0.4 is 5.73 Å². The van der Waals surface area contributed by atoms with Crippen molar-refractivity contribution in [2.75, 3.05) is 0 Å². The topological polar surface area (TPSA) is 82.0 Å². The Bertz CT molecular complexity index is 316. The number of hydrogen-bond acceptors (Lipinski definition) is 4. The van der Waals surface area contributed by atoms with Crippen molar-refractivity contribution in [2.45, 2.75) is 6.54 Å². The molecule has 1 rings (SSSR count). The Morgan fingerprint density at radius 3 is 2.92 bits per heavy atom. The predicted molar refractivity (Wildman–Crippen MR) is 38.7 cm³/mol. The van der Waals surface area contributed by atoms with Gasteiger partial charge in [0, 0.05) is 6.54 Å². The summed E-state index contributed by atoms with van der Waals surface area (Å²) < 4.78 is 12.4. The van der Waals surface area contributed by atoms with E-state index in [1.165, 1.54) is 0 Å². The largest absolute Gasteiger partial charge is 0.325 e. The third-order valence-corrected chi connectivity index (χ3v) is 1.30. The summed E-state index contributed by atoms with van der Waals surface area (Å²) in [6.07, 6.45) is 0.898. The summed E-state index contributed by atoms with van der Waals surface area (Å²) in [7, 11) is 0. The zero-order chi connectivity index (χ0) is 9.14. The highest BCUT2D eigenvalue weighted by atomic mass is 19.1. The number of nitro groups is 1. The number of aromatic nitrogens is 1. The molecule has 1 aromatic heterocycles. The highest BCUT2D eigenvalue weighted by molar-refractivity contribution is 5.34. The molecule has 6 heteroatoms. The van der Waals surface area contributed by atoms with Crippen LogP contribution >= 0.6 is 0 Å². The van der Waals surface area contributed by atoms with Crippen molar-refractivity contribution in [3.8, 4) is 0 Å². The monoisotopic (exact) mass is 171 g/mol. The Kier molecular flexibility index (Phi) is 2.29. The third-order valence-electron chi connectivity index (χ3n) is 1.30. The highest BCUT2D eigenvalue weighted by Gasteiger charge is 2.14. The fourth-order valence-corrected chi connectivity index (χ4v) is 0.772. The molecule has 1 aromatic rings. The Morgan fingerprint density at radius 1 is 1.75 bits per heavy atom. The predicted octanol–water partition coefficient (Wildman–Crippen LogP) is 0.588.